The van der Waals surface area contributed by atoms with Gasteiger partial charge in [0.1, 0.15) is 34.2 Å². The lowest BCUT2D eigenvalue weighted by atomic mass is 9.96. The van der Waals surface area contributed by atoms with Gasteiger partial charge in [0.2, 0.25) is 0 Å². The lowest BCUT2D eigenvalue weighted by Gasteiger charge is -2.36. The Labute approximate surface area is 233 Å². The molecular weight excluding hydrogens is 502 g/mol. The molecule has 2 aliphatic heterocycles. The van der Waals surface area contributed by atoms with Gasteiger partial charge in [-0.25, -0.2) is 0 Å². The number of hydrogen-bond donors (Lipinski definition) is 2. The largest absolute Gasteiger partial charge is 0.391 e. The Kier molecular flexibility index (Phi) is 8.01. The first kappa shape index (κ1) is 27.2. The molecular formula is C30H33N9O. The SMILES string of the molecule is C[C@H]1C[C@@H](N)CN(c2ccc(C#N)c3nccnc23)C1.C[C@H]1C[C@@H](O)CN(c2ccc(C#N)c3nccnc23)C1. The van der Waals surface area contributed by atoms with Crippen molar-refractivity contribution in [2.75, 3.05) is 36.0 Å². The van der Waals surface area contributed by atoms with E-state index in [1.165, 1.54) is 0 Å². The van der Waals surface area contributed by atoms with E-state index < -0.39 is 0 Å². The Morgan fingerprint density at radius 2 is 1.15 bits per heavy atom. The van der Waals surface area contributed by atoms with E-state index in [1.54, 1.807) is 30.9 Å². The first-order valence-electron chi connectivity index (χ1n) is 13.6. The Morgan fingerprint density at radius 1 is 0.700 bits per heavy atom. The highest BCUT2D eigenvalue weighted by molar-refractivity contribution is 5.92. The number of rotatable bonds is 2. The molecule has 0 aliphatic carbocycles. The van der Waals surface area contributed by atoms with Gasteiger partial charge in [0.15, 0.2) is 0 Å². The van der Waals surface area contributed by atoms with Crippen molar-refractivity contribution in [3.8, 4) is 12.1 Å². The number of aliphatic hydroxyl groups is 1. The first-order valence-corrected chi connectivity index (χ1v) is 13.6. The Balaban J connectivity index is 0.000000161. The van der Waals surface area contributed by atoms with Gasteiger partial charge in [-0.1, -0.05) is 13.8 Å². The Hall–Kier alpha value is -4.38. The van der Waals surface area contributed by atoms with Crippen LogP contribution < -0.4 is 15.5 Å². The lowest BCUT2D eigenvalue weighted by Crippen LogP contribution is -2.46. The van der Waals surface area contributed by atoms with Crippen LogP contribution in [0.4, 0.5) is 11.4 Å². The predicted octanol–water partition coefficient (Wildman–Crippen LogP) is 3.38. The molecule has 4 atom stereocenters. The van der Waals surface area contributed by atoms with Gasteiger partial charge in [-0.2, -0.15) is 10.5 Å². The molecule has 4 aromatic rings. The zero-order chi connectivity index (χ0) is 28.2. The molecule has 10 heteroatoms. The van der Waals surface area contributed by atoms with Crippen LogP contribution >= 0.6 is 0 Å². The molecule has 0 bridgehead atoms. The summed E-state index contributed by atoms with van der Waals surface area (Å²) in [5.41, 5.74) is 12.0. The van der Waals surface area contributed by atoms with Crippen LogP contribution in [0.25, 0.3) is 22.1 Å². The van der Waals surface area contributed by atoms with Gasteiger partial charge in [0, 0.05) is 57.0 Å². The summed E-state index contributed by atoms with van der Waals surface area (Å²) in [5.74, 6) is 0.988. The molecule has 0 saturated carbocycles. The van der Waals surface area contributed by atoms with Gasteiger partial charge in [-0.3, -0.25) is 19.9 Å². The van der Waals surface area contributed by atoms with Crippen molar-refractivity contribution in [3.05, 3.63) is 60.2 Å². The van der Waals surface area contributed by atoms with Crippen LogP contribution in [0.1, 0.15) is 37.8 Å². The number of hydrogen-bond acceptors (Lipinski definition) is 10. The van der Waals surface area contributed by atoms with Crippen molar-refractivity contribution in [1.29, 1.82) is 10.5 Å². The van der Waals surface area contributed by atoms with E-state index in [4.69, 9.17) is 16.3 Å². The number of fused-ring (bicyclic) bond motifs is 2. The average molecular weight is 536 g/mol. The van der Waals surface area contributed by atoms with Gasteiger partial charge >= 0.3 is 0 Å². The van der Waals surface area contributed by atoms with Crippen LogP contribution in [0.2, 0.25) is 0 Å². The third-order valence-corrected chi connectivity index (χ3v) is 7.46. The number of β-amino-alcohol motifs (C(OH)–C–C–N with tert-alkyl or cyclic N) is 1. The number of nitriles is 2. The van der Waals surface area contributed by atoms with Gasteiger partial charge in [0.05, 0.1) is 28.6 Å². The second-order valence-electron chi connectivity index (χ2n) is 10.9. The van der Waals surface area contributed by atoms with Crippen molar-refractivity contribution < 1.29 is 5.11 Å². The molecule has 204 valence electrons. The van der Waals surface area contributed by atoms with Gasteiger partial charge < -0.3 is 20.6 Å². The topological polar surface area (TPSA) is 152 Å². The molecule has 40 heavy (non-hydrogen) atoms. The number of nitrogens with zero attached hydrogens (tertiary/aromatic N) is 8. The standard InChI is InChI=1S/C15H17N5.C15H16N4O/c1-10-6-12(17)9-20(8-10)13-3-2-11(7-16)14-15(13)19-5-4-18-14;1-10-6-12(20)9-19(8-10)13-3-2-11(7-16)14-15(13)18-5-4-17-14/h2-5,10,12H,6,8-9,17H2,1H3;2-5,10,12,20H,6,8-9H2,1H3/t2*10-,12+/m00/s1. The van der Waals surface area contributed by atoms with E-state index in [-0.39, 0.29) is 12.1 Å². The summed E-state index contributed by atoms with van der Waals surface area (Å²) in [5, 5.41) is 28.3. The van der Waals surface area contributed by atoms with E-state index in [2.05, 4.69) is 55.7 Å². The monoisotopic (exact) mass is 535 g/mol. The lowest BCUT2D eigenvalue weighted by molar-refractivity contribution is 0.132. The van der Waals surface area contributed by atoms with E-state index in [0.29, 0.717) is 40.5 Å². The molecule has 2 fully saturated rings. The van der Waals surface area contributed by atoms with Crippen LogP contribution in [-0.2, 0) is 0 Å². The zero-order valence-corrected chi connectivity index (χ0v) is 22.8. The summed E-state index contributed by atoms with van der Waals surface area (Å²) in [4.78, 5) is 21.8. The number of piperidine rings is 2. The highest BCUT2D eigenvalue weighted by atomic mass is 16.3. The van der Waals surface area contributed by atoms with Gasteiger partial charge in [-0.15, -0.1) is 0 Å². The van der Waals surface area contributed by atoms with Crippen LogP contribution in [0.15, 0.2) is 49.1 Å². The molecule has 0 amide bonds. The quantitative estimate of drug-likeness (QED) is 0.391. The van der Waals surface area contributed by atoms with Crippen molar-refractivity contribution in [1.82, 2.24) is 19.9 Å². The molecule has 2 aromatic carbocycles. The van der Waals surface area contributed by atoms with Crippen molar-refractivity contribution >= 4 is 33.4 Å². The molecule has 4 heterocycles. The number of benzene rings is 2. The number of aromatic nitrogens is 4. The van der Waals surface area contributed by atoms with Gasteiger partial charge in [0.25, 0.3) is 0 Å². The minimum atomic E-state index is -0.318. The van der Waals surface area contributed by atoms with E-state index in [0.717, 1.165) is 54.9 Å². The molecule has 0 spiro atoms. The molecule has 6 rings (SSSR count). The maximum Gasteiger partial charge on any atom is 0.113 e. The summed E-state index contributed by atoms with van der Waals surface area (Å²) < 4.78 is 0. The second-order valence-corrected chi connectivity index (χ2v) is 10.9. The summed E-state index contributed by atoms with van der Waals surface area (Å²) in [7, 11) is 0. The molecule has 0 radical (unpaired) electrons. The minimum absolute atomic E-state index is 0.182. The van der Waals surface area contributed by atoms with Crippen LogP contribution in [0, 0.1) is 34.5 Å². The van der Waals surface area contributed by atoms with Crippen LogP contribution in [0.5, 0.6) is 0 Å². The third kappa shape index (κ3) is 5.64. The number of anilines is 2. The predicted molar refractivity (Wildman–Crippen MR) is 154 cm³/mol. The second kappa shape index (κ2) is 11.8. The molecule has 2 aromatic heterocycles. The molecule has 2 saturated heterocycles. The highest BCUT2D eigenvalue weighted by Gasteiger charge is 2.26. The van der Waals surface area contributed by atoms with E-state index in [1.807, 2.05) is 18.2 Å². The normalized spacial score (nSPS) is 22.8. The fraction of sp³-hybridized carbons (Fsp3) is 0.400. The van der Waals surface area contributed by atoms with Crippen molar-refractivity contribution in [2.24, 2.45) is 17.6 Å². The summed E-state index contributed by atoms with van der Waals surface area (Å²) in [6.45, 7) is 7.61. The van der Waals surface area contributed by atoms with Crippen molar-refractivity contribution in [2.45, 2.75) is 38.8 Å². The number of nitrogens with two attached hydrogens (primary N) is 1. The molecule has 10 nitrogen and oxygen atoms in total. The van der Waals surface area contributed by atoms with Crippen molar-refractivity contribution in [3.63, 3.8) is 0 Å². The Bertz CT molecular complexity index is 1450. The fourth-order valence-electron chi connectivity index (χ4n) is 5.89. The summed E-state index contributed by atoms with van der Waals surface area (Å²) in [6.07, 6.45) is 8.09. The average Bonchev–Trinajstić information content (AvgIpc) is 2.95. The van der Waals surface area contributed by atoms with E-state index >= 15 is 0 Å². The van der Waals surface area contributed by atoms with Gasteiger partial charge in [-0.05, 0) is 48.9 Å². The molecule has 3 N–H and O–H groups in total. The third-order valence-electron chi connectivity index (χ3n) is 7.46. The Morgan fingerprint density at radius 3 is 1.60 bits per heavy atom. The molecule has 2 aliphatic rings. The minimum Gasteiger partial charge on any atom is -0.391 e. The maximum atomic E-state index is 9.95. The van der Waals surface area contributed by atoms with E-state index in [9.17, 15) is 5.11 Å². The van der Waals surface area contributed by atoms with Crippen LogP contribution in [0.3, 0.4) is 0 Å². The highest BCUT2D eigenvalue weighted by Crippen LogP contribution is 2.31. The zero-order valence-electron chi connectivity index (χ0n) is 22.8. The maximum absolute atomic E-state index is 9.95. The summed E-state index contributed by atoms with van der Waals surface area (Å²) in [6, 6.07) is 12.0. The smallest absolute Gasteiger partial charge is 0.113 e. The van der Waals surface area contributed by atoms with Crippen LogP contribution in [-0.4, -0.2) is 63.4 Å². The first-order chi connectivity index (χ1) is 19.4. The molecule has 0 unspecified atom stereocenters. The number of aliphatic hydroxyl groups excluding tert-OH is 1. The fourth-order valence-corrected chi connectivity index (χ4v) is 5.89. The summed E-state index contributed by atoms with van der Waals surface area (Å²) >= 11 is 0.